The van der Waals surface area contributed by atoms with E-state index < -0.39 is 21.4 Å². The molecule has 11 atom stereocenters. The average molecular weight is 789 g/mol. The van der Waals surface area contributed by atoms with Gasteiger partial charge in [0, 0.05) is 12.5 Å². The Hall–Kier alpha value is -2.04. The Morgan fingerprint density at radius 1 is 1.02 bits per heavy atom. The molecule has 55 heavy (non-hydrogen) atoms. The maximum atomic E-state index is 13.5. The van der Waals surface area contributed by atoms with Crippen molar-refractivity contribution in [2.45, 2.75) is 174 Å². The number of hydrogen-bond acceptors (Lipinski definition) is 8. The highest BCUT2D eigenvalue weighted by Gasteiger charge is 2.45. The number of ether oxygens (including phenoxy) is 4. The zero-order valence-corrected chi connectivity index (χ0v) is 36.6. The van der Waals surface area contributed by atoms with Crippen molar-refractivity contribution in [2.24, 2.45) is 35.0 Å². The van der Waals surface area contributed by atoms with E-state index in [1.165, 1.54) is 12.8 Å². The molecule has 3 aliphatic heterocycles. The molecule has 3 fully saturated rings. The summed E-state index contributed by atoms with van der Waals surface area (Å²) in [6.45, 7) is 28.6. The van der Waals surface area contributed by atoms with Gasteiger partial charge >= 0.3 is 5.97 Å². The zero-order valence-electron chi connectivity index (χ0n) is 35.8. The predicted octanol–water partition coefficient (Wildman–Crippen LogP) is 9.93. The Morgan fingerprint density at radius 2 is 1.71 bits per heavy atom. The molecule has 0 bridgehead atoms. The summed E-state index contributed by atoms with van der Waals surface area (Å²) in [6.07, 6.45) is 9.46. The molecule has 314 valence electrons. The van der Waals surface area contributed by atoms with Crippen LogP contribution in [0.4, 0.5) is 0 Å². The molecular formula is C46H76O8S. The van der Waals surface area contributed by atoms with Crippen LogP contribution in [-0.4, -0.2) is 75.1 Å². The number of carbonyl (C=O) groups excluding carboxylic acids is 1. The minimum absolute atomic E-state index is 0.0359. The van der Waals surface area contributed by atoms with Gasteiger partial charge < -0.3 is 24.1 Å². The van der Waals surface area contributed by atoms with E-state index in [0.717, 1.165) is 49.9 Å². The average Bonchev–Trinajstić information content (AvgIpc) is 3.83. The third-order valence-electron chi connectivity index (χ3n) is 12.1. The Bertz CT molecular complexity index is 1430. The summed E-state index contributed by atoms with van der Waals surface area (Å²) in [6, 6.07) is 8.75. The van der Waals surface area contributed by atoms with Gasteiger partial charge in [0.05, 0.1) is 59.3 Å². The molecular weight excluding hydrogens is 713 g/mol. The van der Waals surface area contributed by atoms with Crippen LogP contribution in [0, 0.1) is 35.0 Å². The second-order valence-electron chi connectivity index (χ2n) is 18.1. The standard InChI is InChI=1S/C41H66O7S.C5H10O/c1-11-27(2)22-38-32(7)36(26-49(44,45)35-17-13-12-14-18-35)39(48-38)25-29(4)31(6)28(3)23-33(42)19-20-37-30(5)24-34(47-37)16-15-21-46-40(43)41(8,9)10;1-5-3-2-4-6-5/h12-14,17-18,27-29,32-34,36-39,42H,5-6,11,15-16,19-26H2,1-4,7-10H3;5H,2-4H2,1H3/t27-,28-,29-,32-,33-,34+,36-,37?,38-,39+;/m1./s1. The summed E-state index contributed by atoms with van der Waals surface area (Å²) in [4.78, 5) is 12.4. The molecule has 3 aliphatic rings. The van der Waals surface area contributed by atoms with E-state index in [1.54, 1.807) is 24.3 Å². The Balaban J connectivity index is 0.00000123. The van der Waals surface area contributed by atoms with Crippen LogP contribution < -0.4 is 0 Å². The van der Waals surface area contributed by atoms with Gasteiger partial charge in [0.25, 0.3) is 0 Å². The molecule has 2 unspecified atom stereocenters. The van der Waals surface area contributed by atoms with Crippen molar-refractivity contribution in [3.05, 3.63) is 54.6 Å². The summed E-state index contributed by atoms with van der Waals surface area (Å²) in [5.41, 5.74) is 1.64. The smallest absolute Gasteiger partial charge is 0.311 e. The van der Waals surface area contributed by atoms with Gasteiger partial charge in [0.15, 0.2) is 9.84 Å². The molecule has 0 radical (unpaired) electrons. The first-order valence-electron chi connectivity index (χ1n) is 21.2. The molecule has 1 aromatic rings. The molecule has 0 saturated carbocycles. The molecule has 4 rings (SSSR count). The summed E-state index contributed by atoms with van der Waals surface area (Å²) in [5.74, 6) is 0.648. The van der Waals surface area contributed by atoms with Crippen molar-refractivity contribution in [1.82, 2.24) is 0 Å². The number of benzene rings is 1. The summed E-state index contributed by atoms with van der Waals surface area (Å²) in [7, 11) is -3.46. The predicted molar refractivity (Wildman–Crippen MR) is 223 cm³/mol. The third-order valence-corrected chi connectivity index (χ3v) is 14.0. The number of esters is 1. The molecule has 3 heterocycles. The number of aliphatic hydroxyl groups is 1. The minimum atomic E-state index is -3.46. The second-order valence-corrected chi connectivity index (χ2v) is 20.2. The number of carbonyl (C=O) groups is 1. The summed E-state index contributed by atoms with van der Waals surface area (Å²) < 4.78 is 50.5. The lowest BCUT2D eigenvalue weighted by Gasteiger charge is -2.28. The van der Waals surface area contributed by atoms with E-state index >= 15 is 0 Å². The van der Waals surface area contributed by atoms with E-state index in [0.29, 0.717) is 49.2 Å². The first-order chi connectivity index (χ1) is 25.8. The fourth-order valence-corrected chi connectivity index (χ4v) is 9.83. The largest absolute Gasteiger partial charge is 0.465 e. The van der Waals surface area contributed by atoms with Gasteiger partial charge in [-0.3, -0.25) is 4.79 Å². The Morgan fingerprint density at radius 3 is 2.29 bits per heavy atom. The van der Waals surface area contributed by atoms with Crippen LogP contribution in [0.25, 0.3) is 0 Å². The van der Waals surface area contributed by atoms with Gasteiger partial charge in [-0.2, -0.15) is 0 Å². The van der Waals surface area contributed by atoms with Crippen LogP contribution in [0.1, 0.15) is 133 Å². The van der Waals surface area contributed by atoms with Crippen LogP contribution >= 0.6 is 0 Å². The monoisotopic (exact) mass is 789 g/mol. The number of rotatable bonds is 19. The van der Waals surface area contributed by atoms with Crippen LogP contribution in [0.2, 0.25) is 0 Å². The first-order valence-corrected chi connectivity index (χ1v) is 22.9. The van der Waals surface area contributed by atoms with Gasteiger partial charge in [-0.05, 0) is 133 Å². The maximum Gasteiger partial charge on any atom is 0.311 e. The fraction of sp³-hybridized carbons (Fsp3) is 0.761. The van der Waals surface area contributed by atoms with E-state index in [-0.39, 0.29) is 59.8 Å². The Kier molecular flexibility index (Phi) is 19.1. The van der Waals surface area contributed by atoms with Crippen molar-refractivity contribution in [3.8, 4) is 0 Å². The van der Waals surface area contributed by atoms with Crippen LogP contribution in [-0.2, 0) is 33.6 Å². The quantitative estimate of drug-likeness (QED) is 0.0839. The number of aliphatic hydroxyl groups excluding tert-OH is 1. The summed E-state index contributed by atoms with van der Waals surface area (Å²) in [5, 5.41) is 11.0. The van der Waals surface area contributed by atoms with E-state index in [2.05, 4.69) is 54.7 Å². The van der Waals surface area contributed by atoms with E-state index in [4.69, 9.17) is 18.9 Å². The van der Waals surface area contributed by atoms with Gasteiger partial charge in [-0.15, -0.1) is 0 Å². The first kappa shape index (κ1) is 47.3. The van der Waals surface area contributed by atoms with Gasteiger partial charge in [0.2, 0.25) is 0 Å². The fourth-order valence-electron chi connectivity index (χ4n) is 8.04. The number of hydrogen-bond donors (Lipinski definition) is 1. The third kappa shape index (κ3) is 15.3. The topological polar surface area (TPSA) is 108 Å². The highest BCUT2D eigenvalue weighted by atomic mass is 32.2. The van der Waals surface area contributed by atoms with Crippen LogP contribution in [0.15, 0.2) is 59.5 Å². The molecule has 8 nitrogen and oxygen atoms in total. The molecule has 1 N–H and O–H groups in total. The molecule has 0 aliphatic carbocycles. The second kappa shape index (κ2) is 22.2. The lowest BCUT2D eigenvalue weighted by molar-refractivity contribution is -0.153. The van der Waals surface area contributed by atoms with Gasteiger partial charge in [-0.25, -0.2) is 8.42 Å². The lowest BCUT2D eigenvalue weighted by atomic mass is 9.80. The SMILES string of the molecule is C=C1C[C@H](CCCOC(=O)C(C)(C)C)OC1CC[C@@H](O)C[C@@H](C)C(=C)[C@H](C)C[C@@H]1O[C@H](C[C@H](C)CC)[C@H](C)[C@H]1CS(=O)(=O)c1ccccc1.CC1CCCO1. The van der Waals surface area contributed by atoms with Crippen molar-refractivity contribution >= 4 is 15.8 Å². The molecule has 0 aromatic heterocycles. The minimum Gasteiger partial charge on any atom is -0.465 e. The normalized spacial score (nSPS) is 27.9. The maximum absolute atomic E-state index is 13.5. The lowest BCUT2D eigenvalue weighted by Crippen LogP contribution is -2.30. The Labute approximate surface area is 335 Å². The highest BCUT2D eigenvalue weighted by Crippen LogP contribution is 2.42. The molecule has 9 heteroatoms. The van der Waals surface area contributed by atoms with E-state index in [1.807, 2.05) is 26.8 Å². The number of allylic oxidation sites excluding steroid dienone is 1. The molecule has 3 saturated heterocycles. The molecule has 1 aromatic carbocycles. The van der Waals surface area contributed by atoms with Crippen LogP contribution in [0.3, 0.4) is 0 Å². The van der Waals surface area contributed by atoms with Crippen molar-refractivity contribution in [3.63, 3.8) is 0 Å². The molecule has 0 spiro atoms. The zero-order chi connectivity index (χ0) is 40.9. The van der Waals surface area contributed by atoms with Gasteiger partial charge in [-0.1, -0.05) is 78.0 Å². The van der Waals surface area contributed by atoms with Crippen molar-refractivity contribution in [2.75, 3.05) is 19.0 Å². The van der Waals surface area contributed by atoms with E-state index in [9.17, 15) is 18.3 Å². The summed E-state index contributed by atoms with van der Waals surface area (Å²) >= 11 is 0. The molecule has 0 amide bonds. The highest BCUT2D eigenvalue weighted by molar-refractivity contribution is 7.91. The van der Waals surface area contributed by atoms with Gasteiger partial charge in [0.1, 0.15) is 0 Å². The number of sulfone groups is 1. The van der Waals surface area contributed by atoms with Crippen molar-refractivity contribution < 1.29 is 37.3 Å². The van der Waals surface area contributed by atoms with Crippen molar-refractivity contribution in [1.29, 1.82) is 0 Å². The van der Waals surface area contributed by atoms with Crippen LogP contribution in [0.5, 0.6) is 0 Å².